The summed E-state index contributed by atoms with van der Waals surface area (Å²) >= 11 is 0. The van der Waals surface area contributed by atoms with Gasteiger partial charge in [-0.1, -0.05) is 20.8 Å². The minimum absolute atomic E-state index is 0.0944. The van der Waals surface area contributed by atoms with Crippen LogP contribution in [0.2, 0.25) is 0 Å². The summed E-state index contributed by atoms with van der Waals surface area (Å²) in [6.07, 6.45) is 0. The number of morpholine rings is 1. The van der Waals surface area contributed by atoms with Crippen molar-refractivity contribution >= 4 is 11.6 Å². The Morgan fingerprint density at radius 1 is 1.17 bits per heavy atom. The van der Waals surface area contributed by atoms with Gasteiger partial charge in [0.25, 0.3) is 0 Å². The van der Waals surface area contributed by atoms with E-state index in [1.165, 1.54) is 0 Å². The summed E-state index contributed by atoms with van der Waals surface area (Å²) in [5, 5.41) is 0. The molecule has 1 fully saturated rings. The summed E-state index contributed by atoms with van der Waals surface area (Å²) in [5.74, 6) is 2.33. The predicted molar refractivity (Wildman–Crippen MR) is 72.9 cm³/mol. The summed E-state index contributed by atoms with van der Waals surface area (Å²) in [7, 11) is 0. The number of hydrogen-bond acceptors (Lipinski definition) is 5. The largest absolute Gasteiger partial charge is 0.383 e. The van der Waals surface area contributed by atoms with E-state index in [0.717, 1.165) is 43.5 Å². The van der Waals surface area contributed by atoms with Gasteiger partial charge in [0.15, 0.2) is 0 Å². The smallest absolute Gasteiger partial charge is 0.138 e. The first-order valence-corrected chi connectivity index (χ1v) is 6.37. The maximum Gasteiger partial charge on any atom is 0.138 e. The Morgan fingerprint density at radius 2 is 1.78 bits per heavy atom. The van der Waals surface area contributed by atoms with E-state index >= 15 is 0 Å². The van der Waals surface area contributed by atoms with Crippen LogP contribution < -0.4 is 10.6 Å². The number of ether oxygens (including phenoxy) is 1. The van der Waals surface area contributed by atoms with Gasteiger partial charge in [-0.25, -0.2) is 9.97 Å². The molecule has 1 aliphatic rings. The maximum absolute atomic E-state index is 6.02. The summed E-state index contributed by atoms with van der Waals surface area (Å²) < 4.78 is 5.37. The molecule has 0 unspecified atom stereocenters. The summed E-state index contributed by atoms with van der Waals surface area (Å²) in [6.45, 7) is 11.5. The van der Waals surface area contributed by atoms with Crippen LogP contribution in [0.1, 0.15) is 32.2 Å². The third kappa shape index (κ3) is 2.56. The molecule has 18 heavy (non-hydrogen) atoms. The summed E-state index contributed by atoms with van der Waals surface area (Å²) in [4.78, 5) is 11.3. The highest BCUT2D eigenvalue weighted by molar-refractivity contribution is 5.57. The molecule has 0 saturated carbocycles. The van der Waals surface area contributed by atoms with Crippen LogP contribution in [0.3, 0.4) is 0 Å². The highest BCUT2D eigenvalue weighted by Gasteiger charge is 2.23. The molecule has 0 atom stereocenters. The zero-order chi connectivity index (χ0) is 13.3. The number of nitrogen functional groups attached to an aromatic ring is 1. The van der Waals surface area contributed by atoms with Crippen molar-refractivity contribution < 1.29 is 4.74 Å². The average Bonchev–Trinajstić information content (AvgIpc) is 2.32. The summed E-state index contributed by atoms with van der Waals surface area (Å²) in [5.41, 5.74) is 6.88. The molecule has 1 saturated heterocycles. The average molecular weight is 250 g/mol. The van der Waals surface area contributed by atoms with E-state index in [2.05, 4.69) is 30.7 Å². The number of anilines is 2. The standard InChI is InChI=1S/C13H22N4O/c1-9-10(14)15-12(13(2,3)4)16-11(9)17-5-7-18-8-6-17/h5-8H2,1-4H3,(H2,14,15,16). The molecule has 1 aliphatic heterocycles. The van der Waals surface area contributed by atoms with E-state index in [1.807, 2.05) is 6.92 Å². The molecule has 0 aliphatic carbocycles. The lowest BCUT2D eigenvalue weighted by Gasteiger charge is -2.30. The second-order valence-corrected chi connectivity index (χ2v) is 5.73. The van der Waals surface area contributed by atoms with Gasteiger partial charge in [0.2, 0.25) is 0 Å². The second kappa shape index (κ2) is 4.72. The van der Waals surface area contributed by atoms with Crippen molar-refractivity contribution in [1.29, 1.82) is 0 Å². The number of nitrogens with zero attached hydrogens (tertiary/aromatic N) is 3. The fourth-order valence-corrected chi connectivity index (χ4v) is 1.94. The Kier molecular flexibility index (Phi) is 3.43. The SMILES string of the molecule is Cc1c(N)nc(C(C)(C)C)nc1N1CCOCC1. The number of nitrogens with two attached hydrogens (primary N) is 1. The van der Waals surface area contributed by atoms with E-state index in [-0.39, 0.29) is 5.41 Å². The Morgan fingerprint density at radius 3 is 2.33 bits per heavy atom. The zero-order valence-electron chi connectivity index (χ0n) is 11.7. The molecule has 100 valence electrons. The lowest BCUT2D eigenvalue weighted by Crippen LogP contribution is -2.38. The molecule has 2 rings (SSSR count). The molecular weight excluding hydrogens is 228 g/mol. The topological polar surface area (TPSA) is 64.3 Å². The predicted octanol–water partition coefficient (Wildman–Crippen LogP) is 1.50. The Balaban J connectivity index is 2.42. The number of aromatic nitrogens is 2. The molecule has 0 bridgehead atoms. The van der Waals surface area contributed by atoms with Gasteiger partial charge in [-0.05, 0) is 6.92 Å². The fourth-order valence-electron chi connectivity index (χ4n) is 1.94. The van der Waals surface area contributed by atoms with Crippen molar-refractivity contribution in [2.45, 2.75) is 33.1 Å². The van der Waals surface area contributed by atoms with Gasteiger partial charge >= 0.3 is 0 Å². The molecule has 2 heterocycles. The number of hydrogen-bond donors (Lipinski definition) is 1. The molecule has 2 N–H and O–H groups in total. The minimum atomic E-state index is -0.0944. The normalized spacial score (nSPS) is 17.0. The van der Waals surface area contributed by atoms with Crippen molar-refractivity contribution in [1.82, 2.24) is 9.97 Å². The molecule has 0 spiro atoms. The van der Waals surface area contributed by atoms with Crippen molar-refractivity contribution in [3.05, 3.63) is 11.4 Å². The first-order chi connectivity index (χ1) is 8.39. The van der Waals surface area contributed by atoms with Crippen LogP contribution in [0, 0.1) is 6.92 Å². The molecule has 1 aromatic heterocycles. The van der Waals surface area contributed by atoms with Gasteiger partial charge < -0.3 is 15.4 Å². The lowest BCUT2D eigenvalue weighted by molar-refractivity contribution is 0.122. The highest BCUT2D eigenvalue weighted by atomic mass is 16.5. The van der Waals surface area contributed by atoms with Gasteiger partial charge in [0.05, 0.1) is 13.2 Å². The van der Waals surface area contributed by atoms with Crippen LogP contribution in [0.25, 0.3) is 0 Å². The van der Waals surface area contributed by atoms with Crippen molar-refractivity contribution in [3.8, 4) is 0 Å². The van der Waals surface area contributed by atoms with Crippen LogP contribution in [0.5, 0.6) is 0 Å². The Bertz CT molecular complexity index is 433. The Hall–Kier alpha value is -1.36. The van der Waals surface area contributed by atoms with Crippen LogP contribution in [-0.4, -0.2) is 36.3 Å². The monoisotopic (exact) mass is 250 g/mol. The zero-order valence-corrected chi connectivity index (χ0v) is 11.7. The van der Waals surface area contributed by atoms with Gasteiger partial charge in [-0.3, -0.25) is 0 Å². The molecule has 0 aromatic carbocycles. The van der Waals surface area contributed by atoms with Crippen LogP contribution >= 0.6 is 0 Å². The van der Waals surface area contributed by atoms with Crippen molar-refractivity contribution in [3.63, 3.8) is 0 Å². The first-order valence-electron chi connectivity index (χ1n) is 6.37. The van der Waals surface area contributed by atoms with Gasteiger partial charge in [-0.15, -0.1) is 0 Å². The quantitative estimate of drug-likeness (QED) is 0.818. The van der Waals surface area contributed by atoms with E-state index in [0.29, 0.717) is 5.82 Å². The van der Waals surface area contributed by atoms with Crippen LogP contribution in [0.4, 0.5) is 11.6 Å². The second-order valence-electron chi connectivity index (χ2n) is 5.73. The van der Waals surface area contributed by atoms with Crippen molar-refractivity contribution in [2.24, 2.45) is 0 Å². The van der Waals surface area contributed by atoms with E-state index in [1.54, 1.807) is 0 Å². The first kappa shape index (κ1) is 13.1. The molecular formula is C13H22N4O. The summed E-state index contributed by atoms with van der Waals surface area (Å²) in [6, 6.07) is 0. The van der Waals surface area contributed by atoms with E-state index in [9.17, 15) is 0 Å². The fraction of sp³-hybridized carbons (Fsp3) is 0.692. The van der Waals surface area contributed by atoms with E-state index in [4.69, 9.17) is 15.5 Å². The highest BCUT2D eigenvalue weighted by Crippen LogP contribution is 2.27. The molecule has 5 heteroatoms. The third-order valence-corrected chi connectivity index (χ3v) is 3.14. The third-order valence-electron chi connectivity index (χ3n) is 3.14. The molecule has 1 aromatic rings. The molecule has 0 radical (unpaired) electrons. The molecule has 5 nitrogen and oxygen atoms in total. The van der Waals surface area contributed by atoms with Gasteiger partial charge in [-0.2, -0.15) is 0 Å². The van der Waals surface area contributed by atoms with Crippen molar-refractivity contribution in [2.75, 3.05) is 36.9 Å². The molecule has 0 amide bonds. The van der Waals surface area contributed by atoms with Crippen LogP contribution in [-0.2, 0) is 10.2 Å². The number of rotatable bonds is 1. The maximum atomic E-state index is 6.02. The lowest BCUT2D eigenvalue weighted by atomic mass is 9.95. The van der Waals surface area contributed by atoms with E-state index < -0.39 is 0 Å². The van der Waals surface area contributed by atoms with Gasteiger partial charge in [0, 0.05) is 24.1 Å². The minimum Gasteiger partial charge on any atom is -0.383 e. The Labute approximate surface area is 108 Å². The van der Waals surface area contributed by atoms with Gasteiger partial charge in [0.1, 0.15) is 17.5 Å². The van der Waals surface area contributed by atoms with Crippen LogP contribution in [0.15, 0.2) is 0 Å².